The summed E-state index contributed by atoms with van der Waals surface area (Å²) in [6.07, 6.45) is 5.15. The average Bonchev–Trinajstić information content (AvgIpc) is 2.80. The van der Waals surface area contributed by atoms with Gasteiger partial charge in [-0.1, -0.05) is 36.8 Å². The van der Waals surface area contributed by atoms with Crippen LogP contribution in [0.1, 0.15) is 25.2 Å². The monoisotopic (exact) mass is 228 g/mol. The topological polar surface area (TPSA) is 52.0 Å². The fourth-order valence-electron chi connectivity index (χ4n) is 2.37. The third kappa shape index (κ3) is 1.67. The highest BCUT2D eigenvalue weighted by molar-refractivity contribution is 5.57. The first-order chi connectivity index (χ1) is 8.34. The van der Waals surface area contributed by atoms with Crippen molar-refractivity contribution in [2.75, 3.05) is 6.54 Å². The maximum Gasteiger partial charge on any atom is 0.202 e. The van der Waals surface area contributed by atoms with E-state index in [1.807, 2.05) is 30.3 Å². The Morgan fingerprint density at radius 2 is 2.00 bits per heavy atom. The van der Waals surface area contributed by atoms with Gasteiger partial charge in [0.25, 0.3) is 0 Å². The first-order valence-corrected chi connectivity index (χ1v) is 6.06. The molecule has 1 aromatic heterocycles. The molecular weight excluding hydrogens is 212 g/mol. The summed E-state index contributed by atoms with van der Waals surface area (Å²) in [5, 5.41) is 0. The predicted molar refractivity (Wildman–Crippen MR) is 66.5 cm³/mol. The molecule has 3 nitrogen and oxygen atoms in total. The van der Waals surface area contributed by atoms with Gasteiger partial charge in [0.05, 0.1) is 5.41 Å². The Bertz CT molecular complexity index is 494. The lowest BCUT2D eigenvalue weighted by Crippen LogP contribution is -2.41. The standard InChI is InChI=1S/C14H16N2O/c15-10-14(7-4-8-14)13-16-12(9-17-13)11-5-2-1-3-6-11/h1-3,5-6,9H,4,7-8,10,15H2. The van der Waals surface area contributed by atoms with Crippen molar-refractivity contribution in [3.63, 3.8) is 0 Å². The number of nitrogens with zero attached hydrogens (tertiary/aromatic N) is 1. The molecule has 1 aliphatic rings. The van der Waals surface area contributed by atoms with Crippen molar-refractivity contribution >= 4 is 0 Å². The molecule has 0 aliphatic heterocycles. The van der Waals surface area contributed by atoms with Crippen molar-refractivity contribution in [1.82, 2.24) is 4.98 Å². The van der Waals surface area contributed by atoms with Crippen molar-refractivity contribution in [3.8, 4) is 11.3 Å². The average molecular weight is 228 g/mol. The number of oxazole rings is 1. The molecule has 1 aliphatic carbocycles. The van der Waals surface area contributed by atoms with E-state index in [-0.39, 0.29) is 5.41 Å². The minimum absolute atomic E-state index is 0.00697. The molecule has 3 rings (SSSR count). The van der Waals surface area contributed by atoms with E-state index in [1.54, 1.807) is 6.26 Å². The number of hydrogen-bond acceptors (Lipinski definition) is 3. The molecule has 2 N–H and O–H groups in total. The lowest BCUT2D eigenvalue weighted by atomic mass is 9.69. The van der Waals surface area contributed by atoms with Gasteiger partial charge in [-0.2, -0.15) is 0 Å². The molecule has 0 bridgehead atoms. The molecule has 17 heavy (non-hydrogen) atoms. The number of nitrogens with two attached hydrogens (primary N) is 1. The molecule has 1 saturated carbocycles. The van der Waals surface area contributed by atoms with Crippen molar-refractivity contribution in [2.45, 2.75) is 24.7 Å². The molecule has 0 saturated heterocycles. The molecule has 0 unspecified atom stereocenters. The lowest BCUT2D eigenvalue weighted by molar-refractivity contribution is 0.199. The van der Waals surface area contributed by atoms with E-state index in [9.17, 15) is 0 Å². The normalized spacial score (nSPS) is 17.7. The Morgan fingerprint density at radius 1 is 1.24 bits per heavy atom. The van der Waals surface area contributed by atoms with Crippen LogP contribution in [0.15, 0.2) is 41.0 Å². The Hall–Kier alpha value is -1.61. The molecule has 0 amide bonds. The Kier molecular flexibility index (Phi) is 2.48. The lowest BCUT2D eigenvalue weighted by Gasteiger charge is -2.37. The summed E-state index contributed by atoms with van der Waals surface area (Å²) in [6.45, 7) is 0.627. The van der Waals surface area contributed by atoms with Gasteiger partial charge in [0.1, 0.15) is 12.0 Å². The van der Waals surface area contributed by atoms with Crippen LogP contribution in [0, 0.1) is 0 Å². The van der Waals surface area contributed by atoms with Crippen LogP contribution in [0.25, 0.3) is 11.3 Å². The van der Waals surface area contributed by atoms with Gasteiger partial charge in [-0.3, -0.25) is 0 Å². The quantitative estimate of drug-likeness (QED) is 0.878. The maximum atomic E-state index is 5.85. The largest absolute Gasteiger partial charge is 0.448 e. The fraction of sp³-hybridized carbons (Fsp3) is 0.357. The smallest absolute Gasteiger partial charge is 0.202 e. The van der Waals surface area contributed by atoms with Crippen molar-refractivity contribution in [3.05, 3.63) is 42.5 Å². The van der Waals surface area contributed by atoms with Gasteiger partial charge in [-0.25, -0.2) is 4.98 Å². The van der Waals surface area contributed by atoms with Crippen LogP contribution >= 0.6 is 0 Å². The van der Waals surface area contributed by atoms with E-state index in [1.165, 1.54) is 6.42 Å². The van der Waals surface area contributed by atoms with Crippen LogP contribution in [-0.4, -0.2) is 11.5 Å². The summed E-state index contributed by atoms with van der Waals surface area (Å²) in [5.41, 5.74) is 7.85. The first kappa shape index (κ1) is 10.5. The highest BCUT2D eigenvalue weighted by atomic mass is 16.3. The minimum Gasteiger partial charge on any atom is -0.448 e. The molecule has 1 heterocycles. The van der Waals surface area contributed by atoms with Crippen LogP contribution in [0.4, 0.5) is 0 Å². The zero-order valence-corrected chi connectivity index (χ0v) is 9.73. The summed E-state index contributed by atoms with van der Waals surface area (Å²) in [6, 6.07) is 10.1. The van der Waals surface area contributed by atoms with Gasteiger partial charge in [-0.05, 0) is 12.8 Å². The molecule has 1 aromatic carbocycles. The van der Waals surface area contributed by atoms with E-state index in [0.29, 0.717) is 6.54 Å². The third-order valence-electron chi connectivity index (χ3n) is 3.73. The van der Waals surface area contributed by atoms with Gasteiger partial charge < -0.3 is 10.2 Å². The zero-order valence-electron chi connectivity index (χ0n) is 9.73. The predicted octanol–water partition coefficient (Wildman–Crippen LogP) is 2.72. The Morgan fingerprint density at radius 3 is 2.59 bits per heavy atom. The second-order valence-electron chi connectivity index (χ2n) is 4.74. The number of hydrogen-bond donors (Lipinski definition) is 1. The molecule has 2 aromatic rings. The van der Waals surface area contributed by atoms with E-state index >= 15 is 0 Å². The molecular formula is C14H16N2O. The maximum absolute atomic E-state index is 5.85. The van der Waals surface area contributed by atoms with Crippen LogP contribution in [0.5, 0.6) is 0 Å². The van der Waals surface area contributed by atoms with Crippen molar-refractivity contribution in [2.24, 2.45) is 5.73 Å². The fourth-order valence-corrected chi connectivity index (χ4v) is 2.37. The van der Waals surface area contributed by atoms with Gasteiger partial charge in [0, 0.05) is 12.1 Å². The van der Waals surface area contributed by atoms with Crippen LogP contribution in [-0.2, 0) is 5.41 Å². The highest BCUT2D eigenvalue weighted by Crippen LogP contribution is 2.42. The molecule has 88 valence electrons. The van der Waals surface area contributed by atoms with Gasteiger partial charge in [-0.15, -0.1) is 0 Å². The molecule has 1 fully saturated rings. The summed E-state index contributed by atoms with van der Waals surface area (Å²) in [7, 11) is 0. The molecule has 0 radical (unpaired) electrons. The summed E-state index contributed by atoms with van der Waals surface area (Å²) >= 11 is 0. The van der Waals surface area contributed by atoms with Crippen LogP contribution in [0.3, 0.4) is 0 Å². The van der Waals surface area contributed by atoms with Gasteiger partial charge >= 0.3 is 0 Å². The van der Waals surface area contributed by atoms with Crippen LogP contribution < -0.4 is 5.73 Å². The second-order valence-corrected chi connectivity index (χ2v) is 4.74. The Balaban J connectivity index is 1.93. The highest BCUT2D eigenvalue weighted by Gasteiger charge is 2.41. The summed E-state index contributed by atoms with van der Waals surface area (Å²) in [5.74, 6) is 0.810. The van der Waals surface area contributed by atoms with E-state index in [0.717, 1.165) is 30.0 Å². The number of aromatic nitrogens is 1. The second kappa shape index (κ2) is 4.00. The first-order valence-electron chi connectivity index (χ1n) is 6.06. The molecule has 0 spiro atoms. The molecule has 3 heteroatoms. The van der Waals surface area contributed by atoms with E-state index in [4.69, 9.17) is 10.2 Å². The number of rotatable bonds is 3. The van der Waals surface area contributed by atoms with E-state index < -0.39 is 0 Å². The van der Waals surface area contributed by atoms with Gasteiger partial charge in [0.15, 0.2) is 0 Å². The van der Waals surface area contributed by atoms with Crippen LogP contribution in [0.2, 0.25) is 0 Å². The van der Waals surface area contributed by atoms with Crippen molar-refractivity contribution in [1.29, 1.82) is 0 Å². The minimum atomic E-state index is 0.00697. The summed E-state index contributed by atoms with van der Waals surface area (Å²) in [4.78, 5) is 4.60. The van der Waals surface area contributed by atoms with Crippen molar-refractivity contribution < 1.29 is 4.42 Å². The summed E-state index contributed by atoms with van der Waals surface area (Å²) < 4.78 is 5.63. The Labute approximate surface area is 101 Å². The van der Waals surface area contributed by atoms with E-state index in [2.05, 4.69) is 4.98 Å². The SMILES string of the molecule is NCC1(c2nc(-c3ccccc3)co2)CCC1. The molecule has 0 atom stereocenters. The zero-order chi connectivity index (χ0) is 11.7. The number of benzene rings is 1. The third-order valence-corrected chi connectivity index (χ3v) is 3.73. The van der Waals surface area contributed by atoms with Gasteiger partial charge in [0.2, 0.25) is 5.89 Å².